The van der Waals surface area contributed by atoms with Crippen molar-refractivity contribution in [3.8, 4) is 11.5 Å². The van der Waals surface area contributed by atoms with Crippen LogP contribution in [-0.4, -0.2) is 65.3 Å². The van der Waals surface area contributed by atoms with E-state index in [1.54, 1.807) is 12.1 Å². The SMILES string of the molecule is CN(CCC1CCN(c2ccc(OC[C@H](O)CCn3cc([N+](=O)[O-])nc3Cl)cc2)CC1)c1ccc(OC(F)(F)F)cc1. The Labute approximate surface area is 246 Å². The number of rotatable bonds is 13. The van der Waals surface area contributed by atoms with Crippen molar-refractivity contribution in [2.75, 3.05) is 43.1 Å². The maximum absolute atomic E-state index is 12.4. The number of halogens is 4. The Morgan fingerprint density at radius 1 is 1.14 bits per heavy atom. The summed E-state index contributed by atoms with van der Waals surface area (Å²) >= 11 is 5.90. The molecule has 2 heterocycles. The minimum Gasteiger partial charge on any atom is -0.491 e. The highest BCUT2D eigenvalue weighted by Gasteiger charge is 2.31. The Morgan fingerprint density at radius 2 is 1.79 bits per heavy atom. The van der Waals surface area contributed by atoms with E-state index < -0.39 is 17.4 Å². The summed E-state index contributed by atoms with van der Waals surface area (Å²) in [7, 11) is 1.93. The molecule has 0 saturated carbocycles. The molecule has 1 aliphatic rings. The average Bonchev–Trinajstić information content (AvgIpc) is 3.34. The molecule has 1 fully saturated rings. The van der Waals surface area contributed by atoms with Crippen LogP contribution in [0.2, 0.25) is 5.28 Å². The summed E-state index contributed by atoms with van der Waals surface area (Å²) in [6.45, 7) is 2.98. The number of nitrogens with zero attached hydrogens (tertiary/aromatic N) is 5. The van der Waals surface area contributed by atoms with Gasteiger partial charge in [-0.15, -0.1) is 13.2 Å². The van der Waals surface area contributed by atoms with E-state index in [1.807, 2.05) is 36.2 Å². The van der Waals surface area contributed by atoms with E-state index in [4.69, 9.17) is 16.3 Å². The number of aromatic nitrogens is 2. The lowest BCUT2D eigenvalue weighted by Crippen LogP contribution is -2.34. The van der Waals surface area contributed by atoms with Crippen LogP contribution in [0.5, 0.6) is 11.5 Å². The van der Waals surface area contributed by atoms with Gasteiger partial charge in [0.05, 0.1) is 6.10 Å². The van der Waals surface area contributed by atoms with Gasteiger partial charge in [-0.2, -0.15) is 0 Å². The zero-order chi connectivity index (χ0) is 30.3. The Balaban J connectivity index is 1.15. The first-order chi connectivity index (χ1) is 20.0. The molecule has 1 saturated heterocycles. The van der Waals surface area contributed by atoms with Crippen LogP contribution in [0.25, 0.3) is 0 Å². The van der Waals surface area contributed by atoms with Crippen LogP contribution in [0.15, 0.2) is 54.7 Å². The number of aryl methyl sites for hydroxylation is 1. The molecule has 0 aliphatic carbocycles. The Hall–Kier alpha value is -3.71. The lowest BCUT2D eigenvalue weighted by Gasteiger charge is -2.34. The van der Waals surface area contributed by atoms with Crippen molar-refractivity contribution in [2.45, 2.75) is 44.7 Å². The van der Waals surface area contributed by atoms with E-state index in [0.717, 1.165) is 50.3 Å². The van der Waals surface area contributed by atoms with E-state index in [2.05, 4.69) is 14.6 Å². The number of imidazole rings is 1. The highest BCUT2D eigenvalue weighted by atomic mass is 35.5. The average molecular weight is 612 g/mol. The molecule has 1 atom stereocenters. The van der Waals surface area contributed by atoms with Crippen LogP contribution in [0, 0.1) is 16.0 Å². The lowest BCUT2D eigenvalue weighted by molar-refractivity contribution is -0.389. The number of hydrogen-bond acceptors (Lipinski definition) is 8. The van der Waals surface area contributed by atoms with E-state index in [1.165, 1.54) is 22.9 Å². The summed E-state index contributed by atoms with van der Waals surface area (Å²) in [5.74, 6) is 0.621. The van der Waals surface area contributed by atoms with Crippen molar-refractivity contribution < 1.29 is 32.7 Å². The van der Waals surface area contributed by atoms with Gasteiger partial charge in [0.1, 0.15) is 24.3 Å². The van der Waals surface area contributed by atoms with Gasteiger partial charge in [0, 0.05) is 44.6 Å². The third-order valence-electron chi connectivity index (χ3n) is 7.25. The molecular weight excluding hydrogens is 579 g/mol. The molecule has 42 heavy (non-hydrogen) atoms. The number of benzene rings is 2. The molecule has 4 rings (SSSR count). The van der Waals surface area contributed by atoms with Gasteiger partial charge >= 0.3 is 17.5 Å². The van der Waals surface area contributed by atoms with E-state index in [9.17, 15) is 28.4 Å². The van der Waals surface area contributed by atoms with Crippen LogP contribution in [-0.2, 0) is 6.54 Å². The van der Waals surface area contributed by atoms with Crippen molar-refractivity contribution in [3.63, 3.8) is 0 Å². The van der Waals surface area contributed by atoms with Crippen LogP contribution >= 0.6 is 11.6 Å². The van der Waals surface area contributed by atoms with Gasteiger partial charge < -0.3 is 34.5 Å². The van der Waals surface area contributed by atoms with Gasteiger partial charge in [-0.05, 0) is 102 Å². The molecule has 0 spiro atoms. The van der Waals surface area contributed by atoms with Crippen LogP contribution < -0.4 is 19.3 Å². The number of anilines is 2. The van der Waals surface area contributed by atoms with Gasteiger partial charge in [-0.3, -0.25) is 4.57 Å². The molecule has 14 heteroatoms. The minimum absolute atomic E-state index is 0.00564. The summed E-state index contributed by atoms with van der Waals surface area (Å²) in [5.41, 5.74) is 1.93. The zero-order valence-electron chi connectivity index (χ0n) is 23.0. The van der Waals surface area contributed by atoms with Crippen molar-refractivity contribution in [3.05, 3.63) is 70.1 Å². The molecule has 1 N–H and O–H groups in total. The second-order valence-electron chi connectivity index (χ2n) is 10.2. The normalized spacial score (nSPS) is 15.0. The highest BCUT2D eigenvalue weighted by molar-refractivity contribution is 6.28. The zero-order valence-corrected chi connectivity index (χ0v) is 23.8. The number of aliphatic hydroxyl groups excluding tert-OH is 1. The molecule has 10 nitrogen and oxygen atoms in total. The van der Waals surface area contributed by atoms with Crippen molar-refractivity contribution in [1.29, 1.82) is 0 Å². The van der Waals surface area contributed by atoms with Crippen LogP contribution in [0.3, 0.4) is 0 Å². The van der Waals surface area contributed by atoms with Gasteiger partial charge in [0.25, 0.3) is 0 Å². The van der Waals surface area contributed by atoms with Crippen LogP contribution in [0.4, 0.5) is 30.4 Å². The molecule has 1 aliphatic heterocycles. The quantitative estimate of drug-likeness (QED) is 0.188. The summed E-state index contributed by atoms with van der Waals surface area (Å²) in [4.78, 5) is 18.2. The van der Waals surface area contributed by atoms with Gasteiger partial charge in [0.2, 0.25) is 0 Å². The summed E-state index contributed by atoms with van der Waals surface area (Å²) < 4.78 is 48.2. The fourth-order valence-electron chi connectivity index (χ4n) is 4.83. The molecule has 0 bridgehead atoms. The monoisotopic (exact) mass is 611 g/mol. The molecule has 2 aromatic carbocycles. The maximum atomic E-state index is 12.4. The van der Waals surface area contributed by atoms with Crippen molar-refractivity contribution >= 4 is 28.8 Å². The molecular formula is C28H33ClF3N5O5. The largest absolute Gasteiger partial charge is 0.573 e. The maximum Gasteiger partial charge on any atom is 0.573 e. The molecule has 0 unspecified atom stereocenters. The second-order valence-corrected chi connectivity index (χ2v) is 10.6. The van der Waals surface area contributed by atoms with Crippen LogP contribution in [0.1, 0.15) is 25.7 Å². The smallest absolute Gasteiger partial charge is 0.491 e. The Bertz CT molecular complexity index is 1300. The summed E-state index contributed by atoms with van der Waals surface area (Å²) in [6.07, 6.45) is -0.886. The van der Waals surface area contributed by atoms with Gasteiger partial charge in [-0.25, -0.2) is 0 Å². The molecule has 0 amide bonds. The predicted octanol–water partition coefficient (Wildman–Crippen LogP) is 5.92. The second kappa shape index (κ2) is 14.0. The molecule has 228 valence electrons. The number of alkyl halides is 3. The number of ether oxygens (including phenoxy) is 2. The fourth-order valence-corrected chi connectivity index (χ4v) is 5.05. The van der Waals surface area contributed by atoms with Crippen molar-refractivity contribution in [1.82, 2.24) is 9.55 Å². The number of nitro groups is 1. The third-order valence-corrected chi connectivity index (χ3v) is 7.55. The highest BCUT2D eigenvalue weighted by Crippen LogP contribution is 2.29. The topological polar surface area (TPSA) is 106 Å². The Kier molecular flexibility index (Phi) is 10.4. The van der Waals surface area contributed by atoms with E-state index >= 15 is 0 Å². The first kappa shape index (κ1) is 31.2. The predicted molar refractivity (Wildman–Crippen MR) is 152 cm³/mol. The van der Waals surface area contributed by atoms with Gasteiger partial charge in [0.15, 0.2) is 0 Å². The Morgan fingerprint density at radius 3 is 2.38 bits per heavy atom. The number of piperidine rings is 1. The summed E-state index contributed by atoms with van der Waals surface area (Å²) in [5, 5.41) is 21.1. The first-order valence-electron chi connectivity index (χ1n) is 13.6. The summed E-state index contributed by atoms with van der Waals surface area (Å²) in [6, 6.07) is 13.6. The van der Waals surface area contributed by atoms with Gasteiger partial charge in [-0.1, -0.05) is 0 Å². The lowest BCUT2D eigenvalue weighted by atomic mass is 9.93. The minimum atomic E-state index is -4.70. The first-order valence-corrected chi connectivity index (χ1v) is 13.9. The van der Waals surface area contributed by atoms with E-state index in [0.29, 0.717) is 18.1 Å². The number of hydrogen-bond donors (Lipinski definition) is 1. The third kappa shape index (κ3) is 9.15. The molecule has 1 aromatic heterocycles. The standard InChI is InChI=1S/C28H33ClF3N5O5/c1-34(21-2-8-25(9-3-21)42-28(30,31)32)14-10-20-11-15-35(16-12-20)22-4-6-24(7-5-22)41-19-23(38)13-17-36-18-26(37(39)40)33-27(36)29/h2-9,18,20,23,38H,10-17,19H2,1H3/t23-/m1/s1. The number of aliphatic hydroxyl groups is 1. The van der Waals surface area contributed by atoms with Crippen molar-refractivity contribution in [2.24, 2.45) is 5.92 Å². The molecule has 3 aromatic rings. The van der Waals surface area contributed by atoms with E-state index in [-0.39, 0.29) is 30.0 Å². The fraction of sp³-hybridized carbons (Fsp3) is 0.464. The molecule has 0 radical (unpaired) electrons.